The topological polar surface area (TPSA) is 57.5 Å². The Bertz CT molecular complexity index is 203. The van der Waals surface area contributed by atoms with Gasteiger partial charge in [0.05, 0.1) is 6.10 Å². The average Bonchev–Trinajstić information content (AvgIpc) is 2.49. The van der Waals surface area contributed by atoms with Crippen LogP contribution in [0.1, 0.15) is 51.9 Å². The Morgan fingerprint density at radius 1 is 1.33 bits per heavy atom. The van der Waals surface area contributed by atoms with E-state index < -0.39 is 5.97 Å². The van der Waals surface area contributed by atoms with Gasteiger partial charge in [0.15, 0.2) is 0 Å². The molecule has 3 nitrogen and oxygen atoms in total. The van der Waals surface area contributed by atoms with Crippen LogP contribution in [-0.2, 0) is 4.79 Å². The predicted octanol–water partition coefficient (Wildman–Crippen LogP) is 2.43. The molecule has 0 aromatic heterocycles. The molecule has 1 saturated carbocycles. The van der Waals surface area contributed by atoms with Crippen molar-refractivity contribution in [2.45, 2.75) is 58.0 Å². The lowest BCUT2D eigenvalue weighted by molar-refractivity contribution is -0.138. The molecule has 0 bridgehead atoms. The van der Waals surface area contributed by atoms with Crippen LogP contribution in [-0.4, -0.2) is 22.3 Å². The Labute approximate surface area is 91.5 Å². The molecule has 0 amide bonds. The van der Waals surface area contributed by atoms with Gasteiger partial charge >= 0.3 is 5.97 Å². The Kier molecular flexibility index (Phi) is 5.09. The first kappa shape index (κ1) is 12.5. The number of carboxylic acid groups (broad SMARTS) is 1. The fourth-order valence-corrected chi connectivity index (χ4v) is 2.66. The second-order valence-electron chi connectivity index (χ2n) is 4.66. The molecule has 15 heavy (non-hydrogen) atoms. The molecule has 0 spiro atoms. The van der Waals surface area contributed by atoms with E-state index in [2.05, 4.69) is 6.92 Å². The molecule has 88 valence electrons. The summed E-state index contributed by atoms with van der Waals surface area (Å²) < 4.78 is 0. The van der Waals surface area contributed by atoms with Crippen molar-refractivity contribution in [3.8, 4) is 0 Å². The van der Waals surface area contributed by atoms with E-state index in [0.717, 1.165) is 25.7 Å². The number of carbonyl (C=O) groups is 1. The standard InChI is InChI=1S/C12H22O3/c1-2-3-4-5-10-9(8-12(14)15)6-7-11(10)13/h9-11,13H,2-8H2,1H3,(H,14,15)/t9-,10-,11?/m1/s1. The average molecular weight is 214 g/mol. The first-order chi connectivity index (χ1) is 7.15. The van der Waals surface area contributed by atoms with E-state index in [1.165, 1.54) is 12.8 Å². The molecule has 1 rings (SSSR count). The quantitative estimate of drug-likeness (QED) is 0.668. The van der Waals surface area contributed by atoms with Crippen molar-refractivity contribution in [1.82, 2.24) is 0 Å². The minimum absolute atomic E-state index is 0.203. The number of carboxylic acids is 1. The summed E-state index contributed by atoms with van der Waals surface area (Å²) in [5, 5.41) is 18.5. The molecule has 1 aliphatic carbocycles. The predicted molar refractivity (Wildman–Crippen MR) is 58.6 cm³/mol. The summed E-state index contributed by atoms with van der Waals surface area (Å²) in [6.07, 6.45) is 6.11. The molecule has 3 heteroatoms. The van der Waals surface area contributed by atoms with E-state index in [4.69, 9.17) is 5.11 Å². The van der Waals surface area contributed by atoms with Gasteiger partial charge in [-0.1, -0.05) is 26.2 Å². The summed E-state index contributed by atoms with van der Waals surface area (Å²) in [5.41, 5.74) is 0. The van der Waals surface area contributed by atoms with Crippen LogP contribution in [0.5, 0.6) is 0 Å². The van der Waals surface area contributed by atoms with Crippen LogP contribution >= 0.6 is 0 Å². The minimum atomic E-state index is -0.727. The summed E-state index contributed by atoms with van der Waals surface area (Å²) in [6.45, 7) is 2.15. The molecular formula is C12H22O3. The molecule has 0 aromatic rings. The maximum atomic E-state index is 10.7. The smallest absolute Gasteiger partial charge is 0.303 e. The lowest BCUT2D eigenvalue weighted by Crippen LogP contribution is -2.21. The fourth-order valence-electron chi connectivity index (χ4n) is 2.66. The number of aliphatic hydroxyl groups is 1. The van der Waals surface area contributed by atoms with Gasteiger partial charge in [0.1, 0.15) is 0 Å². The molecule has 1 aliphatic rings. The molecule has 1 unspecified atom stereocenters. The SMILES string of the molecule is CCCCC[C@H]1C(O)CC[C@@H]1CC(=O)O. The molecule has 3 atom stereocenters. The van der Waals surface area contributed by atoms with E-state index in [-0.39, 0.29) is 24.4 Å². The zero-order valence-electron chi connectivity index (χ0n) is 9.48. The maximum Gasteiger partial charge on any atom is 0.303 e. The number of rotatable bonds is 6. The zero-order valence-corrected chi connectivity index (χ0v) is 9.48. The third-order valence-corrected chi connectivity index (χ3v) is 3.51. The largest absolute Gasteiger partial charge is 0.481 e. The second-order valence-corrected chi connectivity index (χ2v) is 4.66. The normalized spacial score (nSPS) is 30.7. The van der Waals surface area contributed by atoms with Crippen molar-refractivity contribution < 1.29 is 15.0 Å². The third kappa shape index (κ3) is 3.82. The summed E-state index contributed by atoms with van der Waals surface area (Å²) in [4.78, 5) is 10.7. The van der Waals surface area contributed by atoms with Crippen LogP contribution in [0.15, 0.2) is 0 Å². The van der Waals surface area contributed by atoms with E-state index in [1.54, 1.807) is 0 Å². The van der Waals surface area contributed by atoms with E-state index in [1.807, 2.05) is 0 Å². The zero-order chi connectivity index (χ0) is 11.3. The number of aliphatic carboxylic acids is 1. The molecule has 0 aromatic carbocycles. The van der Waals surface area contributed by atoms with Gasteiger partial charge in [0.25, 0.3) is 0 Å². The monoisotopic (exact) mass is 214 g/mol. The summed E-state index contributed by atoms with van der Waals surface area (Å²) >= 11 is 0. The van der Waals surface area contributed by atoms with Crippen LogP contribution in [0.4, 0.5) is 0 Å². The van der Waals surface area contributed by atoms with Gasteiger partial charge in [-0.3, -0.25) is 4.79 Å². The van der Waals surface area contributed by atoms with E-state index in [0.29, 0.717) is 0 Å². The molecule has 0 aliphatic heterocycles. The molecule has 0 heterocycles. The number of aliphatic hydroxyl groups excluding tert-OH is 1. The van der Waals surface area contributed by atoms with Crippen molar-refractivity contribution >= 4 is 5.97 Å². The Balaban J connectivity index is 2.38. The number of unbranched alkanes of at least 4 members (excludes halogenated alkanes) is 2. The fraction of sp³-hybridized carbons (Fsp3) is 0.917. The first-order valence-corrected chi connectivity index (χ1v) is 6.05. The van der Waals surface area contributed by atoms with Crippen LogP contribution in [0, 0.1) is 11.8 Å². The van der Waals surface area contributed by atoms with Crippen LogP contribution in [0.2, 0.25) is 0 Å². The van der Waals surface area contributed by atoms with Gasteiger partial charge in [-0.05, 0) is 31.1 Å². The molecule has 0 saturated heterocycles. The highest BCUT2D eigenvalue weighted by Crippen LogP contribution is 2.37. The summed E-state index contributed by atoms with van der Waals surface area (Å²) in [7, 11) is 0. The van der Waals surface area contributed by atoms with E-state index in [9.17, 15) is 9.90 Å². The molecular weight excluding hydrogens is 192 g/mol. The van der Waals surface area contributed by atoms with Gasteiger partial charge in [-0.2, -0.15) is 0 Å². The van der Waals surface area contributed by atoms with Crippen LogP contribution in [0.25, 0.3) is 0 Å². The second kappa shape index (κ2) is 6.11. The van der Waals surface area contributed by atoms with Gasteiger partial charge < -0.3 is 10.2 Å². The summed E-state index contributed by atoms with van der Waals surface area (Å²) in [6, 6.07) is 0. The molecule has 0 radical (unpaired) electrons. The highest BCUT2D eigenvalue weighted by molar-refractivity contribution is 5.67. The first-order valence-electron chi connectivity index (χ1n) is 6.05. The Morgan fingerprint density at radius 2 is 2.07 bits per heavy atom. The molecule has 1 fully saturated rings. The maximum absolute atomic E-state index is 10.7. The minimum Gasteiger partial charge on any atom is -0.481 e. The van der Waals surface area contributed by atoms with Crippen molar-refractivity contribution in [3.05, 3.63) is 0 Å². The number of hydrogen-bond donors (Lipinski definition) is 2. The van der Waals surface area contributed by atoms with Crippen molar-refractivity contribution in [3.63, 3.8) is 0 Å². The van der Waals surface area contributed by atoms with Gasteiger partial charge in [0, 0.05) is 6.42 Å². The van der Waals surface area contributed by atoms with Crippen molar-refractivity contribution in [2.75, 3.05) is 0 Å². The summed E-state index contributed by atoms with van der Waals surface area (Å²) in [5.74, 6) is -0.295. The lowest BCUT2D eigenvalue weighted by Gasteiger charge is -2.20. The molecule has 2 N–H and O–H groups in total. The van der Waals surface area contributed by atoms with Gasteiger partial charge in [-0.25, -0.2) is 0 Å². The Morgan fingerprint density at radius 3 is 2.67 bits per heavy atom. The van der Waals surface area contributed by atoms with E-state index >= 15 is 0 Å². The van der Waals surface area contributed by atoms with Crippen molar-refractivity contribution in [2.24, 2.45) is 11.8 Å². The Hall–Kier alpha value is -0.570. The highest BCUT2D eigenvalue weighted by Gasteiger charge is 2.35. The van der Waals surface area contributed by atoms with Crippen LogP contribution in [0.3, 0.4) is 0 Å². The van der Waals surface area contributed by atoms with Crippen molar-refractivity contribution in [1.29, 1.82) is 0 Å². The highest BCUT2D eigenvalue weighted by atomic mass is 16.4. The lowest BCUT2D eigenvalue weighted by atomic mass is 9.87. The number of hydrogen-bond acceptors (Lipinski definition) is 2. The third-order valence-electron chi connectivity index (χ3n) is 3.51. The van der Waals surface area contributed by atoms with Gasteiger partial charge in [0.2, 0.25) is 0 Å². The van der Waals surface area contributed by atoms with Crippen LogP contribution < -0.4 is 0 Å². The van der Waals surface area contributed by atoms with Gasteiger partial charge in [-0.15, -0.1) is 0 Å².